The number of hydrogen-bond acceptors (Lipinski definition) is 12. The number of azo groups is 2. The first-order valence-corrected chi connectivity index (χ1v) is 14.8. The van der Waals surface area contributed by atoms with Crippen molar-refractivity contribution in [2.75, 3.05) is 5.32 Å². The third-order valence-corrected chi connectivity index (χ3v) is 7.61. The van der Waals surface area contributed by atoms with Crippen molar-refractivity contribution in [1.82, 2.24) is 0 Å². The number of aryl methyl sites for hydroxylation is 1. The minimum atomic E-state index is -5.06. The molecule has 0 aliphatic carbocycles. The van der Waals surface area contributed by atoms with Gasteiger partial charge in [0.1, 0.15) is 21.6 Å². The number of benzene rings is 5. The maximum Gasteiger partial charge on any atom is 1.00 e. The molecule has 16 heteroatoms. The van der Waals surface area contributed by atoms with Gasteiger partial charge >= 0.3 is 59.1 Å². The second-order valence-corrected chi connectivity index (χ2v) is 11.4. The standard InChI is InChI=1S/C32H25N5O8S.2Na/c1-17-13-25(16-27(30(17)39)32(41)42)36-34-22-7-3-19(4-8-22)20-5-9-23(10-6-20)35-37-29-28(46(43,44)45)15-21-14-24(33-18(2)38)11-12-26(21)31(29)40;;/h3-16,39-40H,1-2H3,(H,33,38)(H,41,42)(H,43,44,45);;/q;2*+1/p-2. The molecule has 0 bridgehead atoms. The minimum absolute atomic E-state index is 0. The van der Waals surface area contributed by atoms with Crippen LogP contribution in [0.25, 0.3) is 21.9 Å². The predicted molar refractivity (Wildman–Crippen MR) is 165 cm³/mol. The van der Waals surface area contributed by atoms with Crippen molar-refractivity contribution in [2.45, 2.75) is 18.7 Å². The number of phenols is 2. The fraction of sp³-hybridized carbons (Fsp3) is 0.0625. The summed E-state index contributed by atoms with van der Waals surface area (Å²) in [5.74, 6) is -2.82. The second kappa shape index (κ2) is 15.9. The third kappa shape index (κ3) is 8.92. The summed E-state index contributed by atoms with van der Waals surface area (Å²) < 4.78 is 36.1. The molecule has 0 aliphatic heterocycles. The van der Waals surface area contributed by atoms with Gasteiger partial charge in [0.15, 0.2) is 5.75 Å². The van der Waals surface area contributed by atoms with Crippen LogP contribution in [0.1, 0.15) is 22.8 Å². The van der Waals surface area contributed by atoms with E-state index in [0.717, 1.165) is 17.2 Å². The minimum Gasteiger partial charge on any atom is -0.744 e. The van der Waals surface area contributed by atoms with Crippen molar-refractivity contribution in [2.24, 2.45) is 20.5 Å². The number of carboxylic acids is 1. The van der Waals surface area contributed by atoms with Crippen molar-refractivity contribution >= 4 is 61.2 Å². The van der Waals surface area contributed by atoms with Crippen molar-refractivity contribution in [3.63, 3.8) is 0 Å². The van der Waals surface area contributed by atoms with Crippen LogP contribution < -0.4 is 69.5 Å². The quantitative estimate of drug-likeness (QED) is 0.117. The Kier molecular flexibility index (Phi) is 12.8. The molecule has 13 nitrogen and oxygen atoms in total. The van der Waals surface area contributed by atoms with Gasteiger partial charge in [-0.05, 0) is 89.7 Å². The van der Waals surface area contributed by atoms with Gasteiger partial charge in [-0.25, -0.2) is 8.42 Å². The van der Waals surface area contributed by atoms with Gasteiger partial charge in [-0.3, -0.25) is 4.79 Å². The topological polar surface area (TPSA) is 216 Å². The Labute approximate surface area is 318 Å². The van der Waals surface area contributed by atoms with E-state index in [1.807, 2.05) is 0 Å². The van der Waals surface area contributed by atoms with Crippen LogP contribution in [0.4, 0.5) is 28.4 Å². The third-order valence-electron chi connectivity index (χ3n) is 6.76. The number of aromatic hydroxyl groups is 2. The van der Waals surface area contributed by atoms with Crippen LogP contribution in [0.3, 0.4) is 0 Å². The van der Waals surface area contributed by atoms with E-state index < -0.39 is 32.4 Å². The van der Waals surface area contributed by atoms with E-state index in [-0.39, 0.29) is 92.8 Å². The molecule has 0 aromatic heterocycles. The molecule has 3 N–H and O–H groups in total. The number of fused-ring (bicyclic) bond motifs is 1. The van der Waals surface area contributed by atoms with Gasteiger partial charge in [-0.15, -0.1) is 5.11 Å². The largest absolute Gasteiger partial charge is 1.00 e. The Hall–Kier alpha value is -3.99. The van der Waals surface area contributed by atoms with Crippen molar-refractivity contribution in [3.8, 4) is 22.6 Å². The summed E-state index contributed by atoms with van der Waals surface area (Å²) in [7, 11) is -5.06. The van der Waals surface area contributed by atoms with Crippen molar-refractivity contribution in [3.05, 3.63) is 96.1 Å². The summed E-state index contributed by atoms with van der Waals surface area (Å²) in [5.41, 5.74) is 2.41. The fourth-order valence-electron chi connectivity index (χ4n) is 4.56. The van der Waals surface area contributed by atoms with Crippen LogP contribution >= 0.6 is 0 Å². The molecule has 48 heavy (non-hydrogen) atoms. The molecule has 5 aromatic carbocycles. The molecular weight excluding hydrogens is 660 g/mol. The molecule has 0 unspecified atom stereocenters. The van der Waals surface area contributed by atoms with E-state index in [2.05, 4.69) is 25.8 Å². The molecule has 0 fully saturated rings. The second-order valence-electron chi connectivity index (χ2n) is 10.1. The van der Waals surface area contributed by atoms with Crippen molar-refractivity contribution < 1.29 is 97.0 Å². The zero-order valence-electron chi connectivity index (χ0n) is 26.1. The smallest absolute Gasteiger partial charge is 0.744 e. The Bertz CT molecular complexity index is 2190. The van der Waals surface area contributed by atoms with Crippen molar-refractivity contribution in [1.29, 1.82) is 0 Å². The average Bonchev–Trinajstić information content (AvgIpc) is 3.00. The van der Waals surface area contributed by atoms with E-state index in [9.17, 15) is 37.9 Å². The summed E-state index contributed by atoms with van der Waals surface area (Å²) in [6, 6.07) is 21.8. The summed E-state index contributed by atoms with van der Waals surface area (Å²) in [6.45, 7) is 2.84. The first-order valence-electron chi connectivity index (χ1n) is 13.4. The molecular formula is C32H23N5Na2O8S. The summed E-state index contributed by atoms with van der Waals surface area (Å²) >= 11 is 0. The molecule has 0 heterocycles. The van der Waals surface area contributed by atoms with E-state index in [1.54, 1.807) is 48.5 Å². The van der Waals surface area contributed by atoms with E-state index in [4.69, 9.17) is 0 Å². The molecule has 0 aliphatic rings. The maximum atomic E-state index is 12.0. The fourth-order valence-corrected chi connectivity index (χ4v) is 5.20. The average molecular weight is 684 g/mol. The van der Waals surface area contributed by atoms with Crippen LogP contribution in [0.15, 0.2) is 110 Å². The van der Waals surface area contributed by atoms with E-state index in [0.29, 0.717) is 22.6 Å². The number of carbonyl (C=O) groups excluding carboxylic acids is 2. The SMILES string of the molecule is CC(=O)Nc1ccc2c(O)c(N=Nc3ccc(-c4ccc(N=Nc5cc(C)c(O)c(C(=O)[O-])c5)cc4)cc3)c(S(=O)(=O)[O-])cc2c1.[Na+].[Na+]. The Morgan fingerprint density at radius 1 is 0.729 bits per heavy atom. The number of aromatic carboxylic acids is 1. The van der Waals surface area contributed by atoms with Gasteiger partial charge in [0.25, 0.3) is 0 Å². The molecule has 0 radical (unpaired) electrons. The van der Waals surface area contributed by atoms with Gasteiger partial charge in [0, 0.05) is 23.6 Å². The number of rotatable bonds is 8. The molecule has 0 spiro atoms. The number of carbonyl (C=O) groups is 2. The van der Waals surface area contributed by atoms with Crippen LogP contribution in [-0.4, -0.2) is 35.1 Å². The molecule has 0 saturated heterocycles. The first-order chi connectivity index (χ1) is 21.8. The molecule has 5 aromatic rings. The molecule has 0 saturated carbocycles. The normalized spacial score (nSPS) is 11.3. The zero-order valence-corrected chi connectivity index (χ0v) is 30.9. The van der Waals surface area contributed by atoms with Gasteiger partial charge in [0.2, 0.25) is 5.91 Å². The first kappa shape index (κ1) is 38.5. The maximum absolute atomic E-state index is 12.0. The number of nitrogens with zero attached hydrogens (tertiary/aromatic N) is 4. The molecule has 0 atom stereocenters. The van der Waals surface area contributed by atoms with E-state index >= 15 is 0 Å². The monoisotopic (exact) mass is 683 g/mol. The van der Waals surface area contributed by atoms with Gasteiger partial charge in [-0.2, -0.15) is 15.3 Å². The number of nitrogens with one attached hydrogen (secondary N) is 1. The molecule has 1 amide bonds. The van der Waals surface area contributed by atoms with Crippen LogP contribution in [-0.2, 0) is 14.9 Å². The van der Waals surface area contributed by atoms with Gasteiger partial charge in [0.05, 0.1) is 27.9 Å². The Balaban J connectivity index is 0.00000312. The number of phenolic OH excluding ortho intramolecular Hbond substituents is 1. The summed E-state index contributed by atoms with van der Waals surface area (Å²) in [4.78, 5) is 21.8. The van der Waals surface area contributed by atoms with E-state index in [1.165, 1.54) is 44.2 Å². The van der Waals surface area contributed by atoms with Gasteiger partial charge < -0.3 is 30.0 Å². The zero-order chi connectivity index (χ0) is 33.2. The number of anilines is 1. The van der Waals surface area contributed by atoms with Crippen LogP contribution in [0.2, 0.25) is 0 Å². The summed E-state index contributed by atoms with van der Waals surface area (Å²) in [6.07, 6.45) is 0. The summed E-state index contributed by atoms with van der Waals surface area (Å²) in [5, 5.41) is 51.0. The molecule has 232 valence electrons. The Morgan fingerprint density at radius 3 is 1.79 bits per heavy atom. The van der Waals surface area contributed by atoms with Gasteiger partial charge in [-0.1, -0.05) is 24.3 Å². The number of hydrogen-bond donors (Lipinski definition) is 3. The predicted octanol–water partition coefficient (Wildman–Crippen LogP) is 0.291. The Morgan fingerprint density at radius 2 is 1.27 bits per heavy atom. The number of carboxylic acid groups (broad SMARTS) is 1. The van der Waals surface area contributed by atoms with Crippen LogP contribution in [0, 0.1) is 6.92 Å². The number of amides is 1. The molecule has 5 rings (SSSR count). The van der Waals surface area contributed by atoms with Crippen LogP contribution in [0.5, 0.6) is 11.5 Å².